The highest BCUT2D eigenvalue weighted by Gasteiger charge is 2.28. The zero-order valence-electron chi connectivity index (χ0n) is 15.8. The molecule has 0 unspecified atom stereocenters. The first-order chi connectivity index (χ1) is 13.8. The third-order valence-corrected chi connectivity index (χ3v) is 4.98. The minimum Gasteiger partial charge on any atom is -0.481 e. The van der Waals surface area contributed by atoms with Crippen LogP contribution in [0.4, 0.5) is 15.8 Å². The molecule has 0 saturated carbocycles. The number of rotatable bonds is 5. The van der Waals surface area contributed by atoms with Gasteiger partial charge in [0, 0.05) is 23.8 Å². The van der Waals surface area contributed by atoms with Gasteiger partial charge in [-0.1, -0.05) is 23.2 Å². The molecule has 0 fully saturated rings. The topological polar surface area (TPSA) is 131 Å². The van der Waals surface area contributed by atoms with Crippen molar-refractivity contribution >= 4 is 52.4 Å². The van der Waals surface area contributed by atoms with E-state index >= 15 is 0 Å². The fourth-order valence-electron chi connectivity index (χ4n) is 3.27. The highest BCUT2D eigenvalue weighted by atomic mass is 35.5. The lowest BCUT2D eigenvalue weighted by molar-refractivity contribution is -0.133. The number of hydrogen-bond acceptors (Lipinski definition) is 5. The van der Waals surface area contributed by atoms with Crippen molar-refractivity contribution < 1.29 is 28.6 Å². The highest BCUT2D eigenvalue weighted by molar-refractivity contribution is 6.55. The summed E-state index contributed by atoms with van der Waals surface area (Å²) in [6.07, 6.45) is 3.33. The van der Waals surface area contributed by atoms with Crippen LogP contribution in [0, 0.1) is 5.82 Å². The number of amides is 2. The molecular formula is C19H20Cl2FN3O5. The van der Waals surface area contributed by atoms with Crippen LogP contribution in [0.2, 0.25) is 0 Å². The summed E-state index contributed by atoms with van der Waals surface area (Å²) >= 11 is 11.2. The molecule has 30 heavy (non-hydrogen) atoms. The summed E-state index contributed by atoms with van der Waals surface area (Å²) in [5, 5.41) is 11.7. The highest BCUT2D eigenvalue weighted by Crippen LogP contribution is 2.37. The molecule has 1 aromatic rings. The Morgan fingerprint density at radius 1 is 1.23 bits per heavy atom. The number of aliphatic carboxylic acids is 1. The molecular weight excluding hydrogens is 440 g/mol. The number of benzene rings is 1. The van der Waals surface area contributed by atoms with E-state index in [0.717, 1.165) is 6.07 Å². The molecule has 1 aromatic carbocycles. The van der Waals surface area contributed by atoms with Crippen LogP contribution >= 0.6 is 23.2 Å². The van der Waals surface area contributed by atoms with Gasteiger partial charge in [-0.15, -0.1) is 0 Å². The average Bonchev–Trinajstić information content (AvgIpc) is 2.68. The van der Waals surface area contributed by atoms with Gasteiger partial charge in [-0.25, -0.2) is 9.18 Å². The Balaban J connectivity index is 0.00000320. The fraction of sp³-hybridized carbons (Fsp3) is 0.316. The average molecular weight is 460 g/mol. The maximum atomic E-state index is 14.5. The fourth-order valence-corrected chi connectivity index (χ4v) is 3.41. The standard InChI is InChI=1S/C19H17Cl2FN2O5.H3N/c20-16(21)5-6-24-14-8-13(12(22)7-15(14)29-9-17(24)25)23-18(26)10-3-1-2-4-11(10)19(27)28;/h5,7-8H,1-4,6,9H2,(H,23,26)(H,27,28);1H3. The lowest BCUT2D eigenvalue weighted by atomic mass is 9.91. The van der Waals surface area contributed by atoms with Crippen molar-refractivity contribution in [1.82, 2.24) is 6.15 Å². The number of nitrogens with one attached hydrogen (secondary N) is 1. The number of fused-ring (bicyclic) bond motifs is 1. The zero-order valence-corrected chi connectivity index (χ0v) is 17.4. The lowest BCUT2D eigenvalue weighted by Gasteiger charge is -2.29. The van der Waals surface area contributed by atoms with Gasteiger partial charge < -0.3 is 26.2 Å². The second kappa shape index (κ2) is 9.92. The molecule has 0 atom stereocenters. The molecule has 3 rings (SSSR count). The van der Waals surface area contributed by atoms with E-state index in [9.17, 15) is 23.9 Å². The van der Waals surface area contributed by atoms with E-state index in [4.69, 9.17) is 27.9 Å². The quantitative estimate of drug-likeness (QED) is 0.611. The second-order valence-electron chi connectivity index (χ2n) is 6.51. The summed E-state index contributed by atoms with van der Waals surface area (Å²) < 4.78 is 19.7. The number of hydrogen-bond donors (Lipinski definition) is 3. The number of carbonyl (C=O) groups excluding carboxylic acids is 2. The van der Waals surface area contributed by atoms with Gasteiger partial charge in [0.05, 0.1) is 11.4 Å². The third kappa shape index (κ3) is 5.10. The van der Waals surface area contributed by atoms with Gasteiger partial charge in [0.25, 0.3) is 11.8 Å². The van der Waals surface area contributed by atoms with Gasteiger partial charge in [0.2, 0.25) is 0 Å². The van der Waals surface area contributed by atoms with Crippen LogP contribution in [0.25, 0.3) is 0 Å². The largest absolute Gasteiger partial charge is 0.481 e. The molecule has 0 bridgehead atoms. The zero-order chi connectivity index (χ0) is 21.1. The van der Waals surface area contributed by atoms with Crippen molar-refractivity contribution in [2.75, 3.05) is 23.4 Å². The minimum absolute atomic E-state index is 0. The maximum absolute atomic E-state index is 14.5. The molecule has 0 radical (unpaired) electrons. The molecule has 1 heterocycles. The number of nitrogens with zero attached hydrogens (tertiary/aromatic N) is 1. The summed E-state index contributed by atoms with van der Waals surface area (Å²) in [5.74, 6) is -2.88. The van der Waals surface area contributed by atoms with Crippen molar-refractivity contribution in [2.24, 2.45) is 0 Å². The van der Waals surface area contributed by atoms with Crippen LogP contribution in [0.15, 0.2) is 33.8 Å². The molecule has 8 nitrogen and oxygen atoms in total. The number of ether oxygens (including phenoxy) is 1. The molecule has 1 aliphatic carbocycles. The molecule has 2 amide bonds. The first-order valence-corrected chi connectivity index (χ1v) is 9.58. The Hall–Kier alpha value is -2.62. The van der Waals surface area contributed by atoms with Gasteiger partial charge in [0.1, 0.15) is 10.2 Å². The summed E-state index contributed by atoms with van der Waals surface area (Å²) in [4.78, 5) is 37.5. The third-order valence-electron chi connectivity index (χ3n) is 4.67. The molecule has 11 heteroatoms. The molecule has 0 saturated heterocycles. The van der Waals surface area contributed by atoms with Gasteiger partial charge in [-0.05, 0) is 37.8 Å². The monoisotopic (exact) mass is 459 g/mol. The van der Waals surface area contributed by atoms with Gasteiger partial charge >= 0.3 is 5.97 Å². The number of carboxylic acids is 1. The predicted molar refractivity (Wildman–Crippen MR) is 111 cm³/mol. The van der Waals surface area contributed by atoms with Crippen LogP contribution in [0.5, 0.6) is 5.75 Å². The molecule has 0 aromatic heterocycles. The number of anilines is 2. The Labute approximate surface area is 181 Å². The van der Waals surface area contributed by atoms with E-state index in [1.165, 1.54) is 17.0 Å². The van der Waals surface area contributed by atoms with E-state index in [1.807, 2.05) is 0 Å². The van der Waals surface area contributed by atoms with Gasteiger partial charge in [-0.3, -0.25) is 9.59 Å². The van der Waals surface area contributed by atoms with Crippen molar-refractivity contribution in [3.05, 3.63) is 39.7 Å². The first kappa shape index (κ1) is 23.7. The molecule has 0 spiro atoms. The summed E-state index contributed by atoms with van der Waals surface area (Å²) in [7, 11) is 0. The normalized spacial score (nSPS) is 15.6. The lowest BCUT2D eigenvalue weighted by Crippen LogP contribution is -2.39. The van der Waals surface area contributed by atoms with Gasteiger partial charge in [0.15, 0.2) is 12.4 Å². The van der Waals surface area contributed by atoms with Crippen LogP contribution in [0.3, 0.4) is 0 Å². The summed E-state index contributed by atoms with van der Waals surface area (Å²) in [6, 6.07) is 2.32. The Bertz CT molecular complexity index is 944. The Morgan fingerprint density at radius 2 is 1.90 bits per heavy atom. The van der Waals surface area contributed by atoms with E-state index in [0.29, 0.717) is 19.3 Å². The van der Waals surface area contributed by atoms with Crippen molar-refractivity contribution in [1.29, 1.82) is 0 Å². The first-order valence-electron chi connectivity index (χ1n) is 8.82. The van der Waals surface area contributed by atoms with E-state index < -0.39 is 23.6 Å². The number of halogens is 3. The van der Waals surface area contributed by atoms with Crippen molar-refractivity contribution in [3.8, 4) is 5.75 Å². The van der Waals surface area contributed by atoms with Crippen LogP contribution in [-0.2, 0) is 14.4 Å². The van der Waals surface area contributed by atoms with Crippen LogP contribution in [0.1, 0.15) is 25.7 Å². The maximum Gasteiger partial charge on any atom is 0.332 e. The van der Waals surface area contributed by atoms with Crippen molar-refractivity contribution in [3.63, 3.8) is 0 Å². The van der Waals surface area contributed by atoms with Crippen molar-refractivity contribution in [2.45, 2.75) is 25.7 Å². The summed E-state index contributed by atoms with van der Waals surface area (Å²) in [6.45, 7) is -0.244. The van der Waals surface area contributed by atoms with E-state index in [-0.39, 0.29) is 58.5 Å². The number of carboxylic acid groups (broad SMARTS) is 1. The molecule has 162 valence electrons. The van der Waals surface area contributed by atoms with Gasteiger partial charge in [-0.2, -0.15) is 0 Å². The Morgan fingerprint density at radius 3 is 2.53 bits per heavy atom. The van der Waals surface area contributed by atoms with Crippen LogP contribution in [-0.4, -0.2) is 36.0 Å². The second-order valence-corrected chi connectivity index (χ2v) is 7.52. The molecule has 2 aliphatic rings. The SMILES string of the molecule is N.O=C(O)C1=C(C(=O)Nc2cc3c(cc2F)OCC(=O)N3CC=C(Cl)Cl)CCCC1. The summed E-state index contributed by atoms with van der Waals surface area (Å²) in [5.41, 5.74) is 0.205. The van der Waals surface area contributed by atoms with E-state index in [2.05, 4.69) is 5.32 Å². The van der Waals surface area contributed by atoms with Crippen LogP contribution < -0.4 is 21.1 Å². The predicted octanol–water partition coefficient (Wildman–Crippen LogP) is 3.93. The smallest absolute Gasteiger partial charge is 0.332 e. The molecule has 1 aliphatic heterocycles. The number of carbonyl (C=O) groups is 3. The van der Waals surface area contributed by atoms with E-state index in [1.54, 1.807) is 0 Å². The minimum atomic E-state index is -1.16. The Kier molecular flexibility index (Phi) is 7.83. The molecule has 5 N–H and O–H groups in total.